The van der Waals surface area contributed by atoms with E-state index in [2.05, 4.69) is 10.4 Å². The molecule has 0 radical (unpaired) electrons. The van der Waals surface area contributed by atoms with E-state index in [0.717, 1.165) is 5.56 Å². The van der Waals surface area contributed by atoms with Crippen LogP contribution in [0.4, 0.5) is 0 Å². The molecule has 0 saturated heterocycles. The highest BCUT2D eigenvalue weighted by molar-refractivity contribution is 6.42. The summed E-state index contributed by atoms with van der Waals surface area (Å²) >= 11 is 12.0. The van der Waals surface area contributed by atoms with Crippen LogP contribution in [0.15, 0.2) is 48.9 Å². The minimum atomic E-state index is -0.218. The van der Waals surface area contributed by atoms with Crippen molar-refractivity contribution in [2.24, 2.45) is 7.05 Å². The topological polar surface area (TPSA) is 51.9 Å². The van der Waals surface area contributed by atoms with Crippen LogP contribution in [0.5, 0.6) is 0 Å². The number of halogens is 2. The Morgan fingerprint density at radius 3 is 2.58 bits per heavy atom. The lowest BCUT2D eigenvalue weighted by Crippen LogP contribution is -2.27. The molecular weight excluding hydrogens is 347 g/mol. The Morgan fingerprint density at radius 1 is 1.21 bits per heavy atom. The van der Waals surface area contributed by atoms with Gasteiger partial charge in [0.25, 0.3) is 5.91 Å². The first-order chi connectivity index (χ1) is 11.5. The van der Waals surface area contributed by atoms with Crippen LogP contribution < -0.4 is 5.32 Å². The van der Waals surface area contributed by atoms with Crippen molar-refractivity contribution in [1.29, 1.82) is 0 Å². The molecule has 24 heavy (non-hydrogen) atoms. The third kappa shape index (κ3) is 3.18. The van der Waals surface area contributed by atoms with Crippen molar-refractivity contribution >= 4 is 29.1 Å². The maximum absolute atomic E-state index is 12.7. The minimum absolute atomic E-state index is 0.203. The number of carbonyl (C=O) groups excluding carboxylic acids is 1. The number of benzene rings is 1. The Morgan fingerprint density at radius 2 is 1.92 bits per heavy atom. The average molecular weight is 363 g/mol. The first-order valence-corrected chi connectivity index (χ1v) is 8.14. The van der Waals surface area contributed by atoms with Gasteiger partial charge in [-0.3, -0.25) is 9.48 Å². The molecule has 5 nitrogen and oxygen atoms in total. The lowest BCUT2D eigenvalue weighted by molar-refractivity contribution is 0.0940. The van der Waals surface area contributed by atoms with E-state index in [0.29, 0.717) is 21.4 Å². The Balaban J connectivity index is 1.84. The fourth-order valence-corrected chi connectivity index (χ4v) is 2.82. The Bertz CT molecular complexity index is 871. The summed E-state index contributed by atoms with van der Waals surface area (Å²) in [5.74, 6) is 0.504. The molecule has 1 aromatic carbocycles. The van der Waals surface area contributed by atoms with E-state index in [9.17, 15) is 4.79 Å². The highest BCUT2D eigenvalue weighted by atomic mass is 35.5. The summed E-state index contributed by atoms with van der Waals surface area (Å²) in [7, 11) is 1.80. The van der Waals surface area contributed by atoms with Gasteiger partial charge >= 0.3 is 0 Å². The van der Waals surface area contributed by atoms with Crippen molar-refractivity contribution < 1.29 is 4.79 Å². The van der Waals surface area contributed by atoms with Crippen LogP contribution in [0.25, 0.3) is 5.82 Å². The van der Waals surface area contributed by atoms with Gasteiger partial charge in [-0.1, -0.05) is 29.3 Å². The van der Waals surface area contributed by atoms with E-state index in [4.69, 9.17) is 23.2 Å². The van der Waals surface area contributed by atoms with Crippen LogP contribution >= 0.6 is 23.2 Å². The van der Waals surface area contributed by atoms with Gasteiger partial charge in [0.15, 0.2) is 0 Å². The zero-order valence-corrected chi connectivity index (χ0v) is 14.7. The molecule has 0 saturated carbocycles. The Labute approximate surface area is 149 Å². The third-order valence-electron chi connectivity index (χ3n) is 3.79. The molecule has 7 heteroatoms. The van der Waals surface area contributed by atoms with Crippen LogP contribution in [0.1, 0.15) is 28.9 Å². The summed E-state index contributed by atoms with van der Waals surface area (Å²) in [6.45, 7) is 1.89. The van der Waals surface area contributed by atoms with E-state index in [-0.39, 0.29) is 11.9 Å². The number of hydrogen-bond donors (Lipinski definition) is 1. The van der Waals surface area contributed by atoms with Gasteiger partial charge < -0.3 is 9.88 Å². The number of carbonyl (C=O) groups is 1. The number of aryl methyl sites for hydroxylation is 1. The summed E-state index contributed by atoms with van der Waals surface area (Å²) in [6.07, 6.45) is 5.30. The molecule has 0 bridgehead atoms. The second kappa shape index (κ2) is 6.71. The van der Waals surface area contributed by atoms with E-state index >= 15 is 0 Å². The van der Waals surface area contributed by atoms with Crippen molar-refractivity contribution in [1.82, 2.24) is 19.7 Å². The second-order valence-corrected chi connectivity index (χ2v) is 6.28. The number of hydrogen-bond acceptors (Lipinski definition) is 2. The molecular formula is C17H16Cl2N4O. The van der Waals surface area contributed by atoms with Gasteiger partial charge in [-0.15, -0.1) is 0 Å². The molecule has 1 atom stereocenters. The molecule has 0 spiro atoms. The highest BCUT2D eigenvalue weighted by Gasteiger charge is 2.19. The van der Waals surface area contributed by atoms with E-state index in [1.165, 1.54) is 0 Å². The van der Waals surface area contributed by atoms with Crippen molar-refractivity contribution in [3.8, 4) is 5.82 Å². The predicted molar refractivity (Wildman–Crippen MR) is 94.9 cm³/mol. The summed E-state index contributed by atoms with van der Waals surface area (Å²) in [5, 5.41) is 8.11. The van der Waals surface area contributed by atoms with Gasteiger partial charge in [-0.2, -0.15) is 5.10 Å². The molecule has 124 valence electrons. The fraction of sp³-hybridized carbons (Fsp3) is 0.176. The predicted octanol–water partition coefficient (Wildman–Crippen LogP) is 4.01. The average Bonchev–Trinajstić information content (AvgIpc) is 3.18. The van der Waals surface area contributed by atoms with Gasteiger partial charge in [0.2, 0.25) is 0 Å². The lowest BCUT2D eigenvalue weighted by atomic mass is 10.1. The molecule has 3 aromatic rings. The Hall–Kier alpha value is -2.24. The maximum atomic E-state index is 12.7. The summed E-state index contributed by atoms with van der Waals surface area (Å²) in [5.41, 5.74) is 1.38. The largest absolute Gasteiger partial charge is 0.345 e. The van der Waals surface area contributed by atoms with Crippen LogP contribution in [0.3, 0.4) is 0 Å². The SMILES string of the molecule is CC(NC(=O)c1cnn(C)c1-n1cccc1)c1ccc(Cl)c(Cl)c1. The molecule has 0 aliphatic carbocycles. The fourth-order valence-electron chi connectivity index (χ4n) is 2.51. The Kier molecular flexibility index (Phi) is 4.64. The number of aromatic nitrogens is 3. The first kappa shape index (κ1) is 16.6. The van der Waals surface area contributed by atoms with Gasteiger partial charge in [0, 0.05) is 19.4 Å². The summed E-state index contributed by atoms with van der Waals surface area (Å²) < 4.78 is 3.52. The number of nitrogens with zero attached hydrogens (tertiary/aromatic N) is 3. The van der Waals surface area contributed by atoms with Crippen molar-refractivity contribution in [3.05, 3.63) is 70.1 Å². The van der Waals surface area contributed by atoms with Crippen molar-refractivity contribution in [3.63, 3.8) is 0 Å². The zero-order chi connectivity index (χ0) is 17.3. The highest BCUT2D eigenvalue weighted by Crippen LogP contribution is 2.26. The summed E-state index contributed by atoms with van der Waals surface area (Å²) in [6, 6.07) is 8.89. The van der Waals surface area contributed by atoms with Gasteiger partial charge in [0.1, 0.15) is 11.4 Å². The lowest BCUT2D eigenvalue weighted by Gasteiger charge is -2.15. The van der Waals surface area contributed by atoms with Crippen LogP contribution in [-0.4, -0.2) is 20.3 Å². The standard InChI is InChI=1S/C17H16Cl2N4O/c1-11(12-5-6-14(18)15(19)9-12)21-16(24)13-10-20-22(2)17(13)23-7-3-4-8-23/h3-11H,1-2H3,(H,21,24). The number of nitrogens with one attached hydrogen (secondary N) is 1. The number of amides is 1. The monoisotopic (exact) mass is 362 g/mol. The third-order valence-corrected chi connectivity index (χ3v) is 4.53. The van der Waals surface area contributed by atoms with E-state index in [1.54, 1.807) is 30.1 Å². The minimum Gasteiger partial charge on any atom is -0.345 e. The molecule has 0 aliphatic heterocycles. The molecule has 3 rings (SSSR count). The first-order valence-electron chi connectivity index (χ1n) is 7.38. The zero-order valence-electron chi connectivity index (χ0n) is 13.2. The quantitative estimate of drug-likeness (QED) is 0.762. The number of rotatable bonds is 4. The van der Waals surface area contributed by atoms with E-state index in [1.807, 2.05) is 42.1 Å². The molecule has 2 heterocycles. The molecule has 1 unspecified atom stereocenters. The molecule has 0 aliphatic rings. The van der Waals surface area contributed by atoms with Gasteiger partial charge in [-0.05, 0) is 36.8 Å². The van der Waals surface area contributed by atoms with Crippen LogP contribution in [0.2, 0.25) is 10.0 Å². The van der Waals surface area contributed by atoms with Crippen LogP contribution in [-0.2, 0) is 7.05 Å². The molecule has 2 aromatic heterocycles. The molecule has 0 fully saturated rings. The molecule has 1 amide bonds. The second-order valence-electron chi connectivity index (χ2n) is 5.46. The molecule has 1 N–H and O–H groups in total. The van der Waals surface area contributed by atoms with Gasteiger partial charge in [0.05, 0.1) is 22.3 Å². The van der Waals surface area contributed by atoms with Crippen molar-refractivity contribution in [2.75, 3.05) is 0 Å². The van der Waals surface area contributed by atoms with Crippen molar-refractivity contribution in [2.45, 2.75) is 13.0 Å². The maximum Gasteiger partial charge on any atom is 0.257 e. The van der Waals surface area contributed by atoms with E-state index < -0.39 is 0 Å². The smallest absolute Gasteiger partial charge is 0.257 e. The van der Waals surface area contributed by atoms with Gasteiger partial charge in [-0.25, -0.2) is 0 Å². The summed E-state index contributed by atoms with van der Waals surface area (Å²) in [4.78, 5) is 12.7. The normalized spacial score (nSPS) is 12.2. The van der Waals surface area contributed by atoms with Crippen LogP contribution in [0, 0.1) is 0 Å².